The van der Waals surface area contributed by atoms with E-state index in [0.717, 1.165) is 25.7 Å². The number of nitrogens with zero attached hydrogens (tertiary/aromatic N) is 1. The minimum atomic E-state index is -3.12. The number of rotatable bonds is 6. The Bertz CT molecular complexity index is 297. The molecule has 0 aromatic rings. The van der Waals surface area contributed by atoms with E-state index < -0.39 is 10.0 Å². The van der Waals surface area contributed by atoms with Gasteiger partial charge in [0.05, 0.1) is 5.75 Å². The lowest BCUT2D eigenvalue weighted by molar-refractivity contribution is 0.335. The molecule has 0 N–H and O–H groups in total. The Morgan fingerprint density at radius 3 is 2.31 bits per heavy atom. The first-order chi connectivity index (χ1) is 7.47. The normalized spacial score (nSPS) is 18.8. The zero-order chi connectivity index (χ0) is 12.2. The maximum atomic E-state index is 12.2. The van der Waals surface area contributed by atoms with Crippen molar-refractivity contribution in [3.05, 3.63) is 0 Å². The highest BCUT2D eigenvalue weighted by atomic mass is 35.5. The van der Waals surface area contributed by atoms with Crippen molar-refractivity contribution in [1.82, 2.24) is 4.31 Å². The Kier molecular flexibility index (Phi) is 5.54. The summed E-state index contributed by atoms with van der Waals surface area (Å²) < 4.78 is 26.0. The van der Waals surface area contributed by atoms with E-state index in [1.807, 2.05) is 13.8 Å². The second kappa shape index (κ2) is 6.22. The number of sulfonamides is 1. The summed E-state index contributed by atoms with van der Waals surface area (Å²) in [5.41, 5.74) is 0. The van der Waals surface area contributed by atoms with Gasteiger partial charge < -0.3 is 0 Å². The Morgan fingerprint density at radius 2 is 1.88 bits per heavy atom. The van der Waals surface area contributed by atoms with Crippen LogP contribution in [-0.2, 0) is 10.0 Å². The summed E-state index contributed by atoms with van der Waals surface area (Å²) in [6.45, 7) is 4.33. The van der Waals surface area contributed by atoms with E-state index in [-0.39, 0.29) is 17.7 Å². The summed E-state index contributed by atoms with van der Waals surface area (Å²) in [4.78, 5) is 0. The van der Waals surface area contributed by atoms with Crippen LogP contribution in [0, 0.1) is 5.92 Å². The van der Waals surface area contributed by atoms with Crippen LogP contribution in [0.15, 0.2) is 0 Å². The van der Waals surface area contributed by atoms with Crippen molar-refractivity contribution < 1.29 is 8.42 Å². The monoisotopic (exact) mass is 267 g/mol. The van der Waals surface area contributed by atoms with E-state index in [1.54, 1.807) is 4.31 Å². The van der Waals surface area contributed by atoms with Gasteiger partial charge in [0.2, 0.25) is 10.0 Å². The predicted octanol–water partition coefficient (Wildman–Crippen LogP) is 2.46. The van der Waals surface area contributed by atoms with Crippen LogP contribution in [0.4, 0.5) is 0 Å². The quantitative estimate of drug-likeness (QED) is 0.694. The summed E-state index contributed by atoms with van der Waals surface area (Å²) in [5.74, 6) is 0.790. The van der Waals surface area contributed by atoms with Gasteiger partial charge in [-0.2, -0.15) is 4.31 Å². The minimum Gasteiger partial charge on any atom is -0.212 e. The lowest BCUT2D eigenvalue weighted by atomic mass is 10.2. The van der Waals surface area contributed by atoms with E-state index >= 15 is 0 Å². The molecule has 0 aromatic carbocycles. The fraction of sp³-hybridized carbons (Fsp3) is 1.00. The molecule has 96 valence electrons. The average Bonchev–Trinajstić information content (AvgIpc) is 2.64. The van der Waals surface area contributed by atoms with Gasteiger partial charge in [-0.25, -0.2) is 8.42 Å². The Morgan fingerprint density at radius 1 is 1.31 bits per heavy atom. The Hall–Kier alpha value is 0.200. The lowest BCUT2D eigenvalue weighted by Gasteiger charge is -2.28. The van der Waals surface area contributed by atoms with Gasteiger partial charge in [-0.3, -0.25) is 0 Å². The van der Waals surface area contributed by atoms with Crippen molar-refractivity contribution in [3.8, 4) is 0 Å². The average molecular weight is 268 g/mol. The Labute approximate surface area is 104 Å². The second-order valence-electron chi connectivity index (χ2n) is 4.91. The van der Waals surface area contributed by atoms with Crippen LogP contribution in [0.3, 0.4) is 0 Å². The molecule has 0 unspecified atom stereocenters. The van der Waals surface area contributed by atoms with Gasteiger partial charge in [0, 0.05) is 18.5 Å². The summed E-state index contributed by atoms with van der Waals surface area (Å²) >= 11 is 5.71. The molecule has 0 amide bonds. The highest BCUT2D eigenvalue weighted by Crippen LogP contribution is 2.26. The van der Waals surface area contributed by atoms with E-state index in [9.17, 15) is 8.42 Å². The van der Waals surface area contributed by atoms with Crippen LogP contribution in [0.2, 0.25) is 0 Å². The van der Waals surface area contributed by atoms with Gasteiger partial charge in [-0.1, -0.05) is 26.7 Å². The predicted molar refractivity (Wildman–Crippen MR) is 68.3 cm³/mol. The van der Waals surface area contributed by atoms with Gasteiger partial charge in [0.1, 0.15) is 0 Å². The van der Waals surface area contributed by atoms with E-state index in [2.05, 4.69) is 0 Å². The van der Waals surface area contributed by atoms with Crippen molar-refractivity contribution in [2.24, 2.45) is 5.92 Å². The van der Waals surface area contributed by atoms with Crippen LogP contribution in [0.1, 0.15) is 39.5 Å². The molecule has 16 heavy (non-hydrogen) atoms. The molecule has 0 aromatic heterocycles. The smallest absolute Gasteiger partial charge is 0.212 e. The van der Waals surface area contributed by atoms with Crippen molar-refractivity contribution in [1.29, 1.82) is 0 Å². The number of halogens is 1. The van der Waals surface area contributed by atoms with Crippen molar-refractivity contribution in [2.75, 3.05) is 18.2 Å². The van der Waals surface area contributed by atoms with Crippen LogP contribution >= 0.6 is 11.6 Å². The topological polar surface area (TPSA) is 37.4 Å². The van der Waals surface area contributed by atoms with Crippen molar-refractivity contribution >= 4 is 21.6 Å². The highest BCUT2D eigenvalue weighted by molar-refractivity contribution is 7.89. The largest absolute Gasteiger partial charge is 0.214 e. The van der Waals surface area contributed by atoms with Crippen LogP contribution in [0.25, 0.3) is 0 Å². The van der Waals surface area contributed by atoms with Crippen LogP contribution in [-0.4, -0.2) is 36.9 Å². The van der Waals surface area contributed by atoms with Crippen molar-refractivity contribution in [2.45, 2.75) is 45.6 Å². The third kappa shape index (κ3) is 3.90. The van der Waals surface area contributed by atoms with E-state index in [0.29, 0.717) is 12.4 Å². The highest BCUT2D eigenvalue weighted by Gasteiger charge is 2.31. The molecule has 0 aliphatic heterocycles. The molecule has 0 atom stereocenters. The molecular formula is C11H22ClNO2S. The molecule has 0 saturated heterocycles. The SMILES string of the molecule is CC(C)CS(=O)(=O)N(CCCl)C1CCCC1. The standard InChI is InChI=1S/C11H22ClNO2S/c1-10(2)9-16(14,15)13(8-7-12)11-5-3-4-6-11/h10-11H,3-9H2,1-2H3. The molecule has 0 spiro atoms. The van der Waals surface area contributed by atoms with E-state index in [1.165, 1.54) is 0 Å². The van der Waals surface area contributed by atoms with E-state index in [4.69, 9.17) is 11.6 Å². The molecule has 1 rings (SSSR count). The molecule has 1 fully saturated rings. The zero-order valence-corrected chi connectivity index (χ0v) is 11.7. The molecule has 3 nitrogen and oxygen atoms in total. The maximum Gasteiger partial charge on any atom is 0.214 e. The number of alkyl halides is 1. The molecule has 1 saturated carbocycles. The van der Waals surface area contributed by atoms with Crippen LogP contribution in [0.5, 0.6) is 0 Å². The molecule has 1 aliphatic carbocycles. The first-order valence-electron chi connectivity index (χ1n) is 6.03. The van der Waals surface area contributed by atoms with Gasteiger partial charge in [-0.05, 0) is 18.8 Å². The zero-order valence-electron chi connectivity index (χ0n) is 10.2. The van der Waals surface area contributed by atoms with Gasteiger partial charge in [-0.15, -0.1) is 11.6 Å². The van der Waals surface area contributed by atoms with Gasteiger partial charge in [0.15, 0.2) is 0 Å². The van der Waals surface area contributed by atoms with Crippen LogP contribution < -0.4 is 0 Å². The molecule has 5 heteroatoms. The van der Waals surface area contributed by atoms with Gasteiger partial charge in [0.25, 0.3) is 0 Å². The molecule has 0 radical (unpaired) electrons. The summed E-state index contributed by atoms with van der Waals surface area (Å²) in [6, 6.07) is 0.197. The third-order valence-electron chi connectivity index (χ3n) is 2.94. The summed E-state index contributed by atoms with van der Waals surface area (Å²) in [5, 5.41) is 0. The first-order valence-corrected chi connectivity index (χ1v) is 8.17. The molecule has 1 aliphatic rings. The van der Waals surface area contributed by atoms with Crippen molar-refractivity contribution in [3.63, 3.8) is 0 Å². The maximum absolute atomic E-state index is 12.2. The molecular weight excluding hydrogens is 246 g/mol. The fourth-order valence-electron chi connectivity index (χ4n) is 2.34. The lowest BCUT2D eigenvalue weighted by Crippen LogP contribution is -2.42. The summed E-state index contributed by atoms with van der Waals surface area (Å²) in [7, 11) is -3.12. The number of hydrogen-bond acceptors (Lipinski definition) is 2. The minimum absolute atomic E-state index is 0.171. The third-order valence-corrected chi connectivity index (χ3v) is 5.39. The molecule has 0 bridgehead atoms. The molecule has 0 heterocycles. The number of hydrogen-bond donors (Lipinski definition) is 0. The van der Waals surface area contributed by atoms with Gasteiger partial charge >= 0.3 is 0 Å². The Balaban J connectivity index is 2.75. The fourth-order valence-corrected chi connectivity index (χ4v) is 4.69. The summed E-state index contributed by atoms with van der Waals surface area (Å²) in [6.07, 6.45) is 4.27. The second-order valence-corrected chi connectivity index (χ2v) is 7.25. The first kappa shape index (κ1) is 14.3.